The molecule has 3 aromatic rings. The first-order valence-corrected chi connectivity index (χ1v) is 8.87. The lowest BCUT2D eigenvalue weighted by atomic mass is 10.1. The van der Waals surface area contributed by atoms with Crippen molar-refractivity contribution in [2.45, 2.75) is 11.8 Å². The molecular formula is C19H17N3O2S. The van der Waals surface area contributed by atoms with Crippen molar-refractivity contribution in [3.8, 4) is 16.9 Å². The first kappa shape index (κ1) is 17.0. The Labute approximate surface area is 149 Å². The summed E-state index contributed by atoms with van der Waals surface area (Å²) >= 11 is 1.66. The summed E-state index contributed by atoms with van der Waals surface area (Å²) in [5.41, 5.74) is 8.65. The molecule has 0 unspecified atom stereocenters. The highest BCUT2D eigenvalue weighted by molar-refractivity contribution is 7.98. The Morgan fingerprint density at radius 1 is 1.04 bits per heavy atom. The summed E-state index contributed by atoms with van der Waals surface area (Å²) in [5.74, 6) is -0.584. The molecule has 5 nitrogen and oxygen atoms in total. The molecule has 1 heterocycles. The Hall–Kier alpha value is -2.86. The van der Waals surface area contributed by atoms with Gasteiger partial charge in [-0.15, -0.1) is 11.8 Å². The number of nitrogens with zero attached hydrogens (tertiary/aromatic N) is 2. The third kappa shape index (κ3) is 3.49. The minimum absolute atomic E-state index is 0.00211. The van der Waals surface area contributed by atoms with E-state index in [4.69, 9.17) is 5.73 Å². The van der Waals surface area contributed by atoms with Gasteiger partial charge in [0.2, 0.25) is 0 Å². The Kier molecular flexibility index (Phi) is 4.72. The van der Waals surface area contributed by atoms with Gasteiger partial charge in [0, 0.05) is 16.0 Å². The smallest absolute Gasteiger partial charge is 0.269 e. The first-order chi connectivity index (χ1) is 12.0. The van der Waals surface area contributed by atoms with Crippen LogP contribution in [0.15, 0.2) is 59.5 Å². The molecule has 0 bridgehead atoms. The molecule has 0 fully saturated rings. The predicted octanol–water partition coefficient (Wildman–Crippen LogP) is 3.56. The van der Waals surface area contributed by atoms with E-state index in [1.165, 1.54) is 6.92 Å². The van der Waals surface area contributed by atoms with Gasteiger partial charge in [-0.05, 0) is 55.6 Å². The van der Waals surface area contributed by atoms with Crippen LogP contribution in [0.25, 0.3) is 16.9 Å². The van der Waals surface area contributed by atoms with Crippen LogP contribution in [0.4, 0.5) is 0 Å². The van der Waals surface area contributed by atoms with Crippen molar-refractivity contribution in [1.82, 2.24) is 9.78 Å². The lowest BCUT2D eigenvalue weighted by Gasteiger charge is -2.08. The fraction of sp³-hybridized carbons (Fsp3) is 0.105. The number of carbonyl (C=O) groups excluding carboxylic acids is 2. The number of aromatic nitrogens is 2. The lowest BCUT2D eigenvalue weighted by Crippen LogP contribution is -2.12. The molecule has 1 amide bonds. The molecule has 126 valence electrons. The SMILES string of the molecule is CSc1ccc(-c2cc(C(N)=O)nn2-c2ccc(C(C)=O)cc2)cc1. The number of hydrogen-bond donors (Lipinski definition) is 1. The molecule has 1 aromatic heterocycles. The standard InChI is InChI=1S/C19H17N3O2S/c1-12(23)13-3-7-15(8-4-13)22-18(11-17(21-22)19(20)24)14-5-9-16(25-2)10-6-14/h3-11H,1-2H3,(H2,20,24). The number of hydrogen-bond acceptors (Lipinski definition) is 4. The van der Waals surface area contributed by atoms with Crippen molar-refractivity contribution in [2.75, 3.05) is 6.26 Å². The zero-order valence-electron chi connectivity index (χ0n) is 13.9. The van der Waals surface area contributed by atoms with Gasteiger partial charge in [-0.2, -0.15) is 5.10 Å². The molecule has 0 atom stereocenters. The van der Waals surface area contributed by atoms with Gasteiger partial charge in [0.1, 0.15) is 0 Å². The Balaban J connectivity index is 2.11. The van der Waals surface area contributed by atoms with Gasteiger partial charge >= 0.3 is 0 Å². The number of amides is 1. The van der Waals surface area contributed by atoms with Gasteiger partial charge < -0.3 is 5.73 Å². The molecule has 0 saturated heterocycles. The van der Waals surface area contributed by atoms with Crippen LogP contribution in [-0.4, -0.2) is 27.7 Å². The van der Waals surface area contributed by atoms with Crippen molar-refractivity contribution in [1.29, 1.82) is 0 Å². The van der Waals surface area contributed by atoms with Crippen LogP contribution < -0.4 is 5.73 Å². The molecule has 0 saturated carbocycles. The lowest BCUT2D eigenvalue weighted by molar-refractivity contribution is 0.0992. The average Bonchev–Trinajstić information content (AvgIpc) is 3.07. The fourth-order valence-corrected chi connectivity index (χ4v) is 2.91. The summed E-state index contributed by atoms with van der Waals surface area (Å²) in [6.45, 7) is 1.52. The normalized spacial score (nSPS) is 10.6. The van der Waals surface area contributed by atoms with Crippen LogP contribution in [0.1, 0.15) is 27.8 Å². The van der Waals surface area contributed by atoms with E-state index in [9.17, 15) is 9.59 Å². The highest BCUT2D eigenvalue weighted by Crippen LogP contribution is 2.26. The molecule has 0 aliphatic heterocycles. The van der Waals surface area contributed by atoms with E-state index < -0.39 is 5.91 Å². The van der Waals surface area contributed by atoms with Gasteiger partial charge in [-0.1, -0.05) is 12.1 Å². The van der Waals surface area contributed by atoms with Gasteiger partial charge in [0.15, 0.2) is 11.5 Å². The molecular weight excluding hydrogens is 334 g/mol. The van der Waals surface area contributed by atoms with Crippen LogP contribution >= 0.6 is 11.8 Å². The summed E-state index contributed by atoms with van der Waals surface area (Å²) in [6, 6.07) is 16.7. The van der Waals surface area contributed by atoms with Crippen molar-refractivity contribution in [3.05, 3.63) is 65.9 Å². The number of nitrogens with two attached hydrogens (primary N) is 1. The van der Waals surface area contributed by atoms with E-state index in [1.54, 1.807) is 46.8 Å². The van der Waals surface area contributed by atoms with E-state index in [0.29, 0.717) is 5.56 Å². The maximum absolute atomic E-state index is 11.6. The Bertz CT molecular complexity index is 928. The van der Waals surface area contributed by atoms with Crippen molar-refractivity contribution in [2.24, 2.45) is 5.73 Å². The van der Waals surface area contributed by atoms with Crippen LogP contribution in [0.3, 0.4) is 0 Å². The van der Waals surface area contributed by atoms with Crippen molar-refractivity contribution in [3.63, 3.8) is 0 Å². The third-order valence-corrected chi connectivity index (χ3v) is 4.61. The van der Waals surface area contributed by atoms with Gasteiger partial charge in [0.25, 0.3) is 5.91 Å². The Morgan fingerprint density at radius 3 is 2.20 bits per heavy atom. The molecule has 0 aliphatic rings. The summed E-state index contributed by atoms with van der Waals surface area (Å²) in [6.07, 6.45) is 2.01. The van der Waals surface area contributed by atoms with Gasteiger partial charge in [-0.3, -0.25) is 9.59 Å². The highest BCUT2D eigenvalue weighted by Gasteiger charge is 2.15. The van der Waals surface area contributed by atoms with Crippen LogP contribution in [0.2, 0.25) is 0 Å². The number of thioether (sulfide) groups is 1. The zero-order valence-corrected chi connectivity index (χ0v) is 14.7. The van der Waals surface area contributed by atoms with E-state index >= 15 is 0 Å². The molecule has 0 spiro atoms. The quantitative estimate of drug-likeness (QED) is 0.563. The molecule has 2 aromatic carbocycles. The summed E-state index contributed by atoms with van der Waals surface area (Å²) in [5, 5.41) is 4.33. The molecule has 25 heavy (non-hydrogen) atoms. The van der Waals surface area contributed by atoms with E-state index in [1.807, 2.05) is 30.5 Å². The minimum atomic E-state index is -0.582. The second kappa shape index (κ2) is 6.94. The maximum atomic E-state index is 11.6. The summed E-state index contributed by atoms with van der Waals surface area (Å²) < 4.78 is 1.66. The summed E-state index contributed by atoms with van der Waals surface area (Å²) in [4.78, 5) is 24.2. The summed E-state index contributed by atoms with van der Waals surface area (Å²) in [7, 11) is 0. The van der Waals surface area contributed by atoms with Gasteiger partial charge in [-0.25, -0.2) is 4.68 Å². The van der Waals surface area contributed by atoms with E-state index in [0.717, 1.165) is 21.8 Å². The number of rotatable bonds is 5. The van der Waals surface area contributed by atoms with Crippen LogP contribution in [0, 0.1) is 0 Å². The third-order valence-electron chi connectivity index (χ3n) is 3.87. The van der Waals surface area contributed by atoms with E-state index in [2.05, 4.69) is 5.10 Å². The van der Waals surface area contributed by atoms with Crippen LogP contribution in [0.5, 0.6) is 0 Å². The monoisotopic (exact) mass is 351 g/mol. The van der Waals surface area contributed by atoms with Gasteiger partial charge in [0.05, 0.1) is 11.4 Å². The number of ketones is 1. The number of benzene rings is 2. The second-order valence-corrected chi connectivity index (χ2v) is 6.40. The zero-order chi connectivity index (χ0) is 18.0. The average molecular weight is 351 g/mol. The molecule has 3 rings (SSSR count). The Morgan fingerprint density at radius 2 is 1.68 bits per heavy atom. The molecule has 6 heteroatoms. The topological polar surface area (TPSA) is 78.0 Å². The van der Waals surface area contributed by atoms with E-state index in [-0.39, 0.29) is 11.5 Å². The first-order valence-electron chi connectivity index (χ1n) is 7.65. The number of carbonyl (C=O) groups is 2. The molecule has 0 radical (unpaired) electrons. The van der Waals surface area contributed by atoms with Crippen LogP contribution in [-0.2, 0) is 0 Å². The minimum Gasteiger partial charge on any atom is -0.364 e. The second-order valence-electron chi connectivity index (χ2n) is 5.52. The largest absolute Gasteiger partial charge is 0.364 e. The highest BCUT2D eigenvalue weighted by atomic mass is 32.2. The van der Waals surface area contributed by atoms with Crippen molar-refractivity contribution < 1.29 is 9.59 Å². The molecule has 2 N–H and O–H groups in total. The maximum Gasteiger partial charge on any atom is 0.269 e. The molecule has 0 aliphatic carbocycles. The fourth-order valence-electron chi connectivity index (χ4n) is 2.50. The number of primary amides is 1. The van der Waals surface area contributed by atoms with Crippen molar-refractivity contribution >= 4 is 23.5 Å². The predicted molar refractivity (Wildman–Crippen MR) is 99.3 cm³/mol. The number of Topliss-reactive ketones (excluding diaryl/α,β-unsaturated/α-hetero) is 1.